The highest BCUT2D eigenvalue weighted by atomic mass is 19.4. The normalized spacial score (nSPS) is 11.0. The molecule has 0 atom stereocenters. The molecule has 1 rings (SSSR count). The first kappa shape index (κ1) is 14.9. The molecule has 0 bridgehead atoms. The number of esters is 1. The fraction of sp³-hybridized carbons (Fsp3) is 0.364. The van der Waals surface area contributed by atoms with Crippen LogP contribution in [0.25, 0.3) is 0 Å². The molecule has 0 aromatic heterocycles. The molecular formula is C11H12F3NO4. The van der Waals surface area contributed by atoms with E-state index in [0.29, 0.717) is 0 Å². The number of halogens is 3. The van der Waals surface area contributed by atoms with E-state index in [-0.39, 0.29) is 22.7 Å². The molecule has 0 aliphatic heterocycles. The predicted molar refractivity (Wildman–Crippen MR) is 60.3 cm³/mol. The van der Waals surface area contributed by atoms with Crippen molar-refractivity contribution < 1.29 is 32.2 Å². The van der Waals surface area contributed by atoms with Gasteiger partial charge in [0.25, 0.3) is 0 Å². The topological polar surface area (TPSA) is 70.8 Å². The van der Waals surface area contributed by atoms with Crippen LogP contribution < -0.4 is 15.2 Å². The van der Waals surface area contributed by atoms with Crippen molar-refractivity contribution in [2.45, 2.75) is 6.18 Å². The Labute approximate surface area is 107 Å². The lowest BCUT2D eigenvalue weighted by molar-refractivity contribution is -0.161. The molecule has 5 nitrogen and oxygen atoms in total. The zero-order valence-electron chi connectivity index (χ0n) is 10.2. The van der Waals surface area contributed by atoms with Crippen molar-refractivity contribution in [1.29, 1.82) is 0 Å². The monoisotopic (exact) mass is 279 g/mol. The van der Waals surface area contributed by atoms with Gasteiger partial charge in [-0.3, -0.25) is 0 Å². The molecule has 0 saturated carbocycles. The van der Waals surface area contributed by atoms with Crippen molar-refractivity contribution >= 4 is 11.7 Å². The molecule has 0 unspecified atom stereocenters. The largest absolute Gasteiger partial charge is 0.497 e. The fourth-order valence-electron chi connectivity index (χ4n) is 1.28. The molecule has 0 saturated heterocycles. The van der Waals surface area contributed by atoms with Gasteiger partial charge in [0.1, 0.15) is 11.5 Å². The Balaban J connectivity index is 3.01. The van der Waals surface area contributed by atoms with E-state index in [4.69, 9.17) is 15.2 Å². The molecule has 0 amide bonds. The van der Waals surface area contributed by atoms with Crippen LogP contribution in [0.4, 0.5) is 18.9 Å². The Morgan fingerprint density at radius 1 is 1.26 bits per heavy atom. The molecule has 0 radical (unpaired) electrons. The van der Waals surface area contributed by atoms with Crippen LogP contribution in [0, 0.1) is 0 Å². The molecule has 19 heavy (non-hydrogen) atoms. The van der Waals surface area contributed by atoms with Gasteiger partial charge in [0.2, 0.25) is 0 Å². The average molecular weight is 279 g/mol. The number of alkyl halides is 3. The van der Waals surface area contributed by atoms with Gasteiger partial charge in [-0.1, -0.05) is 0 Å². The van der Waals surface area contributed by atoms with Gasteiger partial charge in [-0.25, -0.2) is 4.79 Å². The third kappa shape index (κ3) is 3.94. The van der Waals surface area contributed by atoms with Crippen LogP contribution in [0.2, 0.25) is 0 Å². The minimum Gasteiger partial charge on any atom is -0.497 e. The summed E-state index contributed by atoms with van der Waals surface area (Å²) in [6.07, 6.45) is -4.60. The van der Waals surface area contributed by atoms with E-state index in [1.165, 1.54) is 26.4 Å². The molecular weight excluding hydrogens is 267 g/mol. The minimum absolute atomic E-state index is 0.110. The molecule has 0 fully saturated rings. The van der Waals surface area contributed by atoms with Crippen LogP contribution >= 0.6 is 0 Å². The van der Waals surface area contributed by atoms with E-state index in [0.717, 1.165) is 0 Å². The van der Waals surface area contributed by atoms with Crippen molar-refractivity contribution in [2.75, 3.05) is 26.6 Å². The maximum Gasteiger partial charge on any atom is 0.422 e. The first-order valence-electron chi connectivity index (χ1n) is 5.04. The molecule has 0 aliphatic carbocycles. The number of ether oxygens (including phenoxy) is 3. The summed E-state index contributed by atoms with van der Waals surface area (Å²) in [6.45, 7) is -1.69. The summed E-state index contributed by atoms with van der Waals surface area (Å²) in [5.41, 5.74) is 5.23. The summed E-state index contributed by atoms with van der Waals surface area (Å²) >= 11 is 0. The summed E-state index contributed by atoms with van der Waals surface area (Å²) in [6, 6.07) is 2.58. The van der Waals surface area contributed by atoms with E-state index >= 15 is 0 Å². The van der Waals surface area contributed by atoms with Crippen molar-refractivity contribution in [3.8, 4) is 11.5 Å². The summed E-state index contributed by atoms with van der Waals surface area (Å²) in [5.74, 6) is -0.879. The minimum atomic E-state index is -4.60. The number of anilines is 1. The first-order valence-corrected chi connectivity index (χ1v) is 5.04. The highest BCUT2D eigenvalue weighted by Crippen LogP contribution is 2.31. The fourth-order valence-corrected chi connectivity index (χ4v) is 1.28. The Kier molecular flexibility index (Phi) is 4.47. The van der Waals surface area contributed by atoms with E-state index in [9.17, 15) is 18.0 Å². The van der Waals surface area contributed by atoms with Crippen molar-refractivity contribution in [1.82, 2.24) is 0 Å². The Hall–Kier alpha value is -2.12. The highest BCUT2D eigenvalue weighted by molar-refractivity contribution is 5.97. The number of hydrogen-bond donors (Lipinski definition) is 1. The van der Waals surface area contributed by atoms with Gasteiger partial charge >= 0.3 is 12.1 Å². The molecule has 0 aliphatic rings. The molecule has 1 aromatic carbocycles. The number of rotatable bonds is 4. The average Bonchev–Trinajstić information content (AvgIpc) is 2.35. The molecule has 1 aromatic rings. The Bertz CT molecular complexity index is 474. The third-order valence-corrected chi connectivity index (χ3v) is 2.16. The van der Waals surface area contributed by atoms with Gasteiger partial charge in [-0.05, 0) is 6.07 Å². The summed E-state index contributed by atoms with van der Waals surface area (Å²) in [4.78, 5) is 11.5. The quantitative estimate of drug-likeness (QED) is 0.674. The second-order valence-corrected chi connectivity index (χ2v) is 3.48. The number of hydrogen-bond acceptors (Lipinski definition) is 5. The summed E-state index contributed by atoms with van der Waals surface area (Å²) in [5, 5.41) is 0. The molecule has 0 heterocycles. The van der Waals surface area contributed by atoms with Crippen LogP contribution in [0.5, 0.6) is 11.5 Å². The highest BCUT2D eigenvalue weighted by Gasteiger charge is 2.30. The third-order valence-electron chi connectivity index (χ3n) is 2.16. The Morgan fingerprint density at radius 2 is 1.89 bits per heavy atom. The SMILES string of the molecule is COc1cc(OC)c(N)c(C(=O)OCC(F)(F)F)c1. The van der Waals surface area contributed by atoms with Gasteiger partial charge in [0, 0.05) is 6.07 Å². The van der Waals surface area contributed by atoms with Crippen molar-refractivity contribution in [2.24, 2.45) is 0 Å². The number of methoxy groups -OCH3 is 2. The number of benzene rings is 1. The second-order valence-electron chi connectivity index (χ2n) is 3.48. The van der Waals surface area contributed by atoms with Crippen LogP contribution in [-0.4, -0.2) is 33.0 Å². The standard InChI is InChI=1S/C11H12F3NO4/c1-17-6-3-7(9(15)8(4-6)18-2)10(16)19-5-11(12,13)14/h3-4H,5,15H2,1-2H3. The van der Waals surface area contributed by atoms with Crippen molar-refractivity contribution in [3.05, 3.63) is 17.7 Å². The van der Waals surface area contributed by atoms with E-state index in [1.807, 2.05) is 0 Å². The maximum absolute atomic E-state index is 12.0. The first-order chi connectivity index (χ1) is 8.78. The van der Waals surface area contributed by atoms with Crippen LogP contribution in [0.3, 0.4) is 0 Å². The number of carbonyl (C=O) groups excluding carboxylic acids is 1. The molecule has 2 N–H and O–H groups in total. The number of nitrogens with two attached hydrogens (primary N) is 1. The van der Waals surface area contributed by atoms with Gasteiger partial charge in [0.15, 0.2) is 6.61 Å². The smallest absolute Gasteiger partial charge is 0.422 e. The second kappa shape index (κ2) is 5.68. The van der Waals surface area contributed by atoms with E-state index in [1.54, 1.807) is 0 Å². The van der Waals surface area contributed by atoms with E-state index < -0.39 is 18.8 Å². The summed E-state index contributed by atoms with van der Waals surface area (Å²) in [7, 11) is 2.63. The molecule has 0 spiro atoms. The lowest BCUT2D eigenvalue weighted by Gasteiger charge is -2.13. The van der Waals surface area contributed by atoms with Crippen molar-refractivity contribution in [3.63, 3.8) is 0 Å². The van der Waals surface area contributed by atoms with Crippen LogP contribution in [0.1, 0.15) is 10.4 Å². The van der Waals surface area contributed by atoms with Crippen LogP contribution in [0.15, 0.2) is 12.1 Å². The maximum atomic E-state index is 12.0. The lowest BCUT2D eigenvalue weighted by Crippen LogP contribution is -2.21. The summed E-state index contributed by atoms with van der Waals surface area (Å²) < 4.78 is 49.8. The van der Waals surface area contributed by atoms with Gasteiger partial charge in [0.05, 0.1) is 25.5 Å². The van der Waals surface area contributed by atoms with Crippen LogP contribution in [-0.2, 0) is 4.74 Å². The predicted octanol–water partition coefficient (Wildman–Crippen LogP) is 2.01. The molecule has 8 heteroatoms. The zero-order valence-corrected chi connectivity index (χ0v) is 10.2. The lowest BCUT2D eigenvalue weighted by atomic mass is 10.1. The zero-order chi connectivity index (χ0) is 14.6. The van der Waals surface area contributed by atoms with Gasteiger partial charge in [-0.2, -0.15) is 13.2 Å². The van der Waals surface area contributed by atoms with Gasteiger partial charge in [-0.15, -0.1) is 0 Å². The van der Waals surface area contributed by atoms with E-state index in [2.05, 4.69) is 4.74 Å². The Morgan fingerprint density at radius 3 is 2.37 bits per heavy atom. The molecule has 106 valence electrons. The van der Waals surface area contributed by atoms with Gasteiger partial charge < -0.3 is 19.9 Å². The number of nitrogen functional groups attached to an aromatic ring is 1. The number of carbonyl (C=O) groups is 1.